The Hall–Kier alpha value is 0.150. The van der Waals surface area contributed by atoms with Crippen LogP contribution in [-0.4, -0.2) is 21.6 Å². The lowest BCUT2D eigenvalue weighted by atomic mass is 10.3. The zero-order valence-electron chi connectivity index (χ0n) is 5.01. The second-order valence-corrected chi connectivity index (χ2v) is 3.79. The Labute approximate surface area is 49.2 Å². The summed E-state index contributed by atoms with van der Waals surface area (Å²) in [4.78, 5) is 8.50. The maximum absolute atomic E-state index is 10.3. The largest absolute Gasteiger partial charge is 0.335 e. The van der Waals surface area contributed by atoms with Gasteiger partial charge in [-0.15, -0.1) is 0 Å². The van der Waals surface area contributed by atoms with Gasteiger partial charge in [0.2, 0.25) is 0 Å². The molecule has 1 saturated heterocycles. The Bertz CT molecular complexity index is 134. The van der Waals surface area contributed by atoms with Gasteiger partial charge in [-0.05, 0) is 13.8 Å². The van der Waals surface area contributed by atoms with E-state index in [0.717, 1.165) is 6.54 Å². The van der Waals surface area contributed by atoms with Crippen LogP contribution >= 0.6 is 8.18 Å². The molecule has 8 heavy (non-hydrogen) atoms. The van der Waals surface area contributed by atoms with Gasteiger partial charge in [0.05, 0.1) is 0 Å². The van der Waals surface area contributed by atoms with Crippen LogP contribution in [0.2, 0.25) is 0 Å². The van der Waals surface area contributed by atoms with Crippen molar-refractivity contribution in [3.8, 4) is 0 Å². The van der Waals surface area contributed by atoms with Gasteiger partial charge in [0.15, 0.2) is 0 Å². The van der Waals surface area contributed by atoms with Gasteiger partial charge in [-0.1, -0.05) is 0 Å². The molecular weight excluding hydrogens is 125 g/mol. The van der Waals surface area contributed by atoms with Crippen molar-refractivity contribution in [3.05, 3.63) is 0 Å². The Kier molecular flexibility index (Phi) is 1.23. The van der Waals surface area contributed by atoms with Crippen molar-refractivity contribution in [1.29, 1.82) is 0 Å². The third kappa shape index (κ3) is 0.943. The minimum Gasteiger partial charge on any atom is -0.335 e. The zero-order chi connectivity index (χ0) is 6.36. The summed E-state index contributed by atoms with van der Waals surface area (Å²) in [7, 11) is -2.36. The molecule has 0 radical (unpaired) electrons. The summed E-state index contributed by atoms with van der Waals surface area (Å²) in [5.74, 6) is 0. The van der Waals surface area contributed by atoms with Crippen molar-refractivity contribution in [2.45, 2.75) is 19.4 Å². The van der Waals surface area contributed by atoms with Gasteiger partial charge in [0.1, 0.15) is 0 Å². The van der Waals surface area contributed by atoms with E-state index >= 15 is 0 Å². The van der Waals surface area contributed by atoms with E-state index in [1.165, 1.54) is 0 Å². The van der Waals surface area contributed by atoms with E-state index in [1.807, 2.05) is 13.8 Å². The van der Waals surface area contributed by atoms with E-state index in [4.69, 9.17) is 4.89 Å². The molecule has 0 bridgehead atoms. The standard InChI is InChI=1S/C4H10NO2P/c1-4(2)3-5(4)8(6)7/h8H,3H2,1-2H3,(H,6,7). The summed E-state index contributed by atoms with van der Waals surface area (Å²) in [5.41, 5.74) is 0.00476. The van der Waals surface area contributed by atoms with E-state index in [0.29, 0.717) is 0 Å². The monoisotopic (exact) mass is 135 g/mol. The number of nitrogens with zero attached hydrogens (tertiary/aromatic N) is 1. The SMILES string of the molecule is CC1(C)CN1[PH](=O)O. The molecule has 1 N–H and O–H groups in total. The van der Waals surface area contributed by atoms with E-state index in [9.17, 15) is 4.57 Å². The topological polar surface area (TPSA) is 40.3 Å². The van der Waals surface area contributed by atoms with Gasteiger partial charge in [-0.2, -0.15) is 0 Å². The van der Waals surface area contributed by atoms with E-state index < -0.39 is 8.18 Å². The molecule has 2 atom stereocenters. The Morgan fingerprint density at radius 2 is 2.12 bits per heavy atom. The fourth-order valence-electron chi connectivity index (χ4n) is 0.678. The quantitative estimate of drug-likeness (QED) is 0.419. The van der Waals surface area contributed by atoms with Gasteiger partial charge in [0.25, 0.3) is 8.18 Å². The number of rotatable bonds is 1. The lowest BCUT2D eigenvalue weighted by molar-refractivity contribution is 0.451. The molecule has 0 aliphatic carbocycles. The van der Waals surface area contributed by atoms with Gasteiger partial charge >= 0.3 is 0 Å². The van der Waals surface area contributed by atoms with Crippen LogP contribution < -0.4 is 0 Å². The minimum atomic E-state index is -2.36. The molecule has 0 aromatic carbocycles. The van der Waals surface area contributed by atoms with Crippen LogP contribution in [0.25, 0.3) is 0 Å². The molecule has 1 heterocycles. The average molecular weight is 135 g/mol. The second-order valence-electron chi connectivity index (χ2n) is 2.68. The normalized spacial score (nSPS) is 36.6. The third-order valence-electron chi connectivity index (χ3n) is 1.40. The highest BCUT2D eigenvalue weighted by Gasteiger charge is 2.45. The van der Waals surface area contributed by atoms with Crippen LogP contribution in [0.15, 0.2) is 0 Å². The molecule has 0 aromatic rings. The van der Waals surface area contributed by atoms with Gasteiger partial charge in [-0.3, -0.25) is 4.57 Å². The second kappa shape index (κ2) is 1.56. The van der Waals surface area contributed by atoms with Crippen LogP contribution in [0.1, 0.15) is 13.8 Å². The first-order chi connectivity index (χ1) is 3.54. The summed E-state index contributed by atoms with van der Waals surface area (Å²) >= 11 is 0. The maximum Gasteiger partial charge on any atom is 0.258 e. The van der Waals surface area contributed by atoms with Gasteiger partial charge in [-0.25, -0.2) is 4.67 Å². The first kappa shape index (κ1) is 6.27. The van der Waals surface area contributed by atoms with Crippen LogP contribution in [0.3, 0.4) is 0 Å². The minimum absolute atomic E-state index is 0.00476. The van der Waals surface area contributed by atoms with Crippen molar-refractivity contribution in [1.82, 2.24) is 4.67 Å². The predicted octanol–water partition coefficient (Wildman–Crippen LogP) is 0.463. The molecule has 0 spiro atoms. The Balaban J connectivity index is 2.48. The van der Waals surface area contributed by atoms with Crippen molar-refractivity contribution >= 4 is 8.18 Å². The van der Waals surface area contributed by atoms with Crippen LogP contribution in [0, 0.1) is 0 Å². The summed E-state index contributed by atoms with van der Waals surface area (Å²) in [5, 5.41) is 0. The molecule has 48 valence electrons. The highest BCUT2D eigenvalue weighted by Crippen LogP contribution is 2.43. The lowest BCUT2D eigenvalue weighted by Gasteiger charge is -1.98. The van der Waals surface area contributed by atoms with Crippen molar-refractivity contribution < 1.29 is 9.46 Å². The lowest BCUT2D eigenvalue weighted by Crippen LogP contribution is -2.00. The molecule has 1 aliphatic heterocycles. The summed E-state index contributed by atoms with van der Waals surface area (Å²) in [6.45, 7) is 4.67. The first-order valence-electron chi connectivity index (χ1n) is 2.54. The molecule has 2 unspecified atom stereocenters. The van der Waals surface area contributed by atoms with Crippen LogP contribution in [-0.2, 0) is 4.57 Å². The molecule has 0 amide bonds. The first-order valence-corrected chi connectivity index (χ1v) is 3.85. The Morgan fingerprint density at radius 1 is 1.75 bits per heavy atom. The van der Waals surface area contributed by atoms with E-state index in [1.54, 1.807) is 4.67 Å². The summed E-state index contributed by atoms with van der Waals surface area (Å²) in [6, 6.07) is 0. The highest BCUT2D eigenvalue weighted by atomic mass is 31.1. The molecule has 0 saturated carbocycles. The predicted molar refractivity (Wildman–Crippen MR) is 32.0 cm³/mol. The summed E-state index contributed by atoms with van der Waals surface area (Å²) in [6.07, 6.45) is 0. The molecule has 1 fully saturated rings. The van der Waals surface area contributed by atoms with E-state index in [-0.39, 0.29) is 5.54 Å². The third-order valence-corrected chi connectivity index (χ3v) is 2.63. The number of hydrogen-bond acceptors (Lipinski definition) is 1. The molecular formula is C4H10NO2P. The van der Waals surface area contributed by atoms with Crippen LogP contribution in [0.5, 0.6) is 0 Å². The van der Waals surface area contributed by atoms with Gasteiger partial charge in [0, 0.05) is 12.1 Å². The number of hydrogen-bond donors (Lipinski definition) is 1. The molecule has 1 aliphatic rings. The average Bonchev–Trinajstić information content (AvgIpc) is 2.13. The zero-order valence-corrected chi connectivity index (χ0v) is 6.01. The molecule has 4 heteroatoms. The van der Waals surface area contributed by atoms with E-state index in [2.05, 4.69) is 0 Å². The van der Waals surface area contributed by atoms with Gasteiger partial charge < -0.3 is 4.89 Å². The van der Waals surface area contributed by atoms with Crippen LogP contribution in [0.4, 0.5) is 0 Å². The fraction of sp³-hybridized carbons (Fsp3) is 1.00. The highest BCUT2D eigenvalue weighted by molar-refractivity contribution is 7.35. The molecule has 3 nitrogen and oxygen atoms in total. The van der Waals surface area contributed by atoms with Crippen molar-refractivity contribution in [3.63, 3.8) is 0 Å². The van der Waals surface area contributed by atoms with Crippen molar-refractivity contribution in [2.24, 2.45) is 0 Å². The smallest absolute Gasteiger partial charge is 0.258 e. The fourth-order valence-corrected chi connectivity index (χ4v) is 1.72. The summed E-state index contributed by atoms with van der Waals surface area (Å²) < 4.78 is 11.9. The maximum atomic E-state index is 10.3. The molecule has 0 aromatic heterocycles. The van der Waals surface area contributed by atoms with Crippen molar-refractivity contribution in [2.75, 3.05) is 6.54 Å². The molecule has 1 rings (SSSR count). The Morgan fingerprint density at radius 3 is 2.12 bits per heavy atom.